The minimum Gasteiger partial charge on any atom is -0.493 e. The molecule has 0 spiro atoms. The number of rotatable bonds is 7. The van der Waals surface area contributed by atoms with E-state index in [0.717, 1.165) is 5.56 Å². The molecule has 0 unspecified atom stereocenters. The Labute approximate surface area is 192 Å². The highest BCUT2D eigenvalue weighted by atomic mass is 32.2. The van der Waals surface area contributed by atoms with Gasteiger partial charge < -0.3 is 14.2 Å². The molecule has 1 amide bonds. The first-order valence-electron chi connectivity index (χ1n) is 10.2. The lowest BCUT2D eigenvalue weighted by Crippen LogP contribution is -2.28. The quantitative estimate of drug-likeness (QED) is 0.438. The standard InChI is InChI=1S/C24H26N2O5S/c1-6-26-22(27)21(13-16-10-11-19(31-15(2)3)20(12-16)29-4)32-24(26)25-18-9-7-8-17(14-18)23(28)30-5/h7-15H,6H2,1-5H3. The summed E-state index contributed by atoms with van der Waals surface area (Å²) in [6.45, 7) is 6.26. The Morgan fingerprint density at radius 3 is 2.59 bits per heavy atom. The number of nitrogens with zero attached hydrogens (tertiary/aromatic N) is 2. The van der Waals surface area contributed by atoms with Gasteiger partial charge in [0.05, 0.1) is 36.5 Å². The minimum absolute atomic E-state index is 0.0228. The van der Waals surface area contributed by atoms with Crippen LogP contribution in [0, 0.1) is 0 Å². The van der Waals surface area contributed by atoms with Crippen LogP contribution in [0.2, 0.25) is 0 Å². The second-order valence-corrected chi connectivity index (χ2v) is 8.18. The van der Waals surface area contributed by atoms with E-state index >= 15 is 0 Å². The maximum atomic E-state index is 13.0. The fourth-order valence-electron chi connectivity index (χ4n) is 3.08. The number of thioether (sulfide) groups is 1. The number of carbonyl (C=O) groups is 2. The highest BCUT2D eigenvalue weighted by Crippen LogP contribution is 2.36. The van der Waals surface area contributed by atoms with Gasteiger partial charge in [-0.3, -0.25) is 9.69 Å². The molecule has 0 bridgehead atoms. The molecule has 1 fully saturated rings. The Bertz CT molecular complexity index is 1080. The smallest absolute Gasteiger partial charge is 0.337 e. The highest BCUT2D eigenvalue weighted by Gasteiger charge is 2.32. The van der Waals surface area contributed by atoms with Crippen molar-refractivity contribution < 1.29 is 23.8 Å². The lowest BCUT2D eigenvalue weighted by Gasteiger charge is -2.14. The minimum atomic E-state index is -0.436. The molecule has 3 rings (SSSR count). The summed E-state index contributed by atoms with van der Waals surface area (Å²) in [5.41, 5.74) is 1.79. The molecular weight excluding hydrogens is 428 g/mol. The molecule has 168 valence electrons. The van der Waals surface area contributed by atoms with Crippen LogP contribution in [0.3, 0.4) is 0 Å². The average Bonchev–Trinajstić information content (AvgIpc) is 3.07. The number of carbonyl (C=O) groups excluding carboxylic acids is 2. The van der Waals surface area contributed by atoms with Gasteiger partial charge in [-0.2, -0.15) is 0 Å². The SMILES string of the molecule is CCN1C(=O)C(=Cc2ccc(OC(C)C)c(OC)c2)SC1=Nc1cccc(C(=O)OC)c1. The summed E-state index contributed by atoms with van der Waals surface area (Å²) in [4.78, 5) is 31.5. The Morgan fingerprint density at radius 1 is 1.16 bits per heavy atom. The molecule has 7 nitrogen and oxygen atoms in total. The first-order chi connectivity index (χ1) is 15.4. The number of likely N-dealkylation sites (N-methyl/N-ethyl adjacent to an activating group) is 1. The van der Waals surface area contributed by atoms with Crippen molar-refractivity contribution in [2.45, 2.75) is 26.9 Å². The van der Waals surface area contributed by atoms with Crippen molar-refractivity contribution in [1.29, 1.82) is 0 Å². The molecule has 1 aliphatic heterocycles. The predicted octanol–water partition coefficient (Wildman–Crippen LogP) is 4.89. The Morgan fingerprint density at radius 2 is 1.94 bits per heavy atom. The molecule has 32 heavy (non-hydrogen) atoms. The lowest BCUT2D eigenvalue weighted by molar-refractivity contribution is -0.122. The summed E-state index contributed by atoms with van der Waals surface area (Å²) in [6, 6.07) is 12.4. The molecule has 0 saturated carbocycles. The van der Waals surface area contributed by atoms with Gasteiger partial charge in [0.15, 0.2) is 16.7 Å². The van der Waals surface area contributed by atoms with Gasteiger partial charge in [0.25, 0.3) is 5.91 Å². The van der Waals surface area contributed by atoms with Crippen LogP contribution in [-0.4, -0.2) is 48.8 Å². The molecule has 1 saturated heterocycles. The van der Waals surface area contributed by atoms with Crippen molar-refractivity contribution >= 4 is 40.6 Å². The molecular formula is C24H26N2O5S. The number of esters is 1. The van der Waals surface area contributed by atoms with E-state index in [4.69, 9.17) is 14.2 Å². The Balaban J connectivity index is 1.91. The molecule has 1 heterocycles. The second-order valence-electron chi connectivity index (χ2n) is 7.17. The fourth-order valence-corrected chi connectivity index (χ4v) is 4.14. The summed E-state index contributed by atoms with van der Waals surface area (Å²) in [5.74, 6) is 0.693. The zero-order chi connectivity index (χ0) is 23.3. The summed E-state index contributed by atoms with van der Waals surface area (Å²) in [7, 11) is 2.92. The van der Waals surface area contributed by atoms with Gasteiger partial charge in [0, 0.05) is 6.54 Å². The van der Waals surface area contributed by atoms with E-state index < -0.39 is 5.97 Å². The van der Waals surface area contributed by atoms with Crippen LogP contribution < -0.4 is 9.47 Å². The number of aliphatic imine (C=N–C) groups is 1. The summed E-state index contributed by atoms with van der Waals surface area (Å²) < 4.78 is 16.0. The third-order valence-corrected chi connectivity index (χ3v) is 5.55. The van der Waals surface area contributed by atoms with Gasteiger partial charge in [0.2, 0.25) is 0 Å². The van der Waals surface area contributed by atoms with Crippen LogP contribution in [-0.2, 0) is 9.53 Å². The van der Waals surface area contributed by atoms with Gasteiger partial charge in [-0.15, -0.1) is 0 Å². The second kappa shape index (κ2) is 10.4. The van der Waals surface area contributed by atoms with Gasteiger partial charge in [-0.05, 0) is 74.5 Å². The van der Waals surface area contributed by atoms with Crippen LogP contribution in [0.15, 0.2) is 52.4 Å². The average molecular weight is 455 g/mol. The monoisotopic (exact) mass is 454 g/mol. The van der Waals surface area contributed by atoms with Gasteiger partial charge >= 0.3 is 5.97 Å². The van der Waals surface area contributed by atoms with E-state index in [1.807, 2.05) is 45.0 Å². The summed E-state index contributed by atoms with van der Waals surface area (Å²) >= 11 is 1.29. The first kappa shape index (κ1) is 23.4. The number of hydrogen-bond donors (Lipinski definition) is 0. The van der Waals surface area contributed by atoms with Crippen LogP contribution >= 0.6 is 11.8 Å². The van der Waals surface area contributed by atoms with E-state index in [1.54, 1.807) is 36.3 Å². The molecule has 0 radical (unpaired) electrons. The van der Waals surface area contributed by atoms with Crippen LogP contribution in [0.1, 0.15) is 36.7 Å². The van der Waals surface area contributed by atoms with Crippen molar-refractivity contribution in [2.24, 2.45) is 4.99 Å². The van der Waals surface area contributed by atoms with E-state index in [9.17, 15) is 9.59 Å². The summed E-state index contributed by atoms with van der Waals surface area (Å²) in [5, 5.41) is 0.553. The Hall–Kier alpha value is -3.26. The van der Waals surface area contributed by atoms with Gasteiger partial charge in [0.1, 0.15) is 0 Å². The number of benzene rings is 2. The summed E-state index contributed by atoms with van der Waals surface area (Å²) in [6.07, 6.45) is 1.83. The lowest BCUT2D eigenvalue weighted by atomic mass is 10.2. The highest BCUT2D eigenvalue weighted by molar-refractivity contribution is 8.18. The van der Waals surface area contributed by atoms with Crippen molar-refractivity contribution in [3.05, 3.63) is 58.5 Å². The fraction of sp³-hybridized carbons (Fsp3) is 0.292. The van der Waals surface area contributed by atoms with E-state index in [1.165, 1.54) is 18.9 Å². The third-order valence-electron chi connectivity index (χ3n) is 4.54. The third kappa shape index (κ3) is 5.31. The zero-order valence-corrected chi connectivity index (χ0v) is 19.6. The maximum absolute atomic E-state index is 13.0. The van der Waals surface area contributed by atoms with Crippen molar-refractivity contribution in [3.63, 3.8) is 0 Å². The number of amidine groups is 1. The van der Waals surface area contributed by atoms with E-state index in [-0.39, 0.29) is 12.0 Å². The molecule has 8 heteroatoms. The largest absolute Gasteiger partial charge is 0.493 e. The molecule has 2 aromatic carbocycles. The van der Waals surface area contributed by atoms with Gasteiger partial charge in [-0.1, -0.05) is 12.1 Å². The topological polar surface area (TPSA) is 77.4 Å². The van der Waals surface area contributed by atoms with Crippen molar-refractivity contribution in [1.82, 2.24) is 4.90 Å². The maximum Gasteiger partial charge on any atom is 0.337 e. The van der Waals surface area contributed by atoms with Crippen LogP contribution in [0.5, 0.6) is 11.5 Å². The van der Waals surface area contributed by atoms with Crippen molar-refractivity contribution in [2.75, 3.05) is 20.8 Å². The first-order valence-corrected chi connectivity index (χ1v) is 11.0. The predicted molar refractivity (Wildman–Crippen MR) is 127 cm³/mol. The van der Waals surface area contributed by atoms with E-state index in [0.29, 0.717) is 39.4 Å². The van der Waals surface area contributed by atoms with Crippen LogP contribution in [0.25, 0.3) is 6.08 Å². The normalized spacial score (nSPS) is 16.2. The molecule has 0 N–H and O–H groups in total. The molecule has 0 aliphatic carbocycles. The molecule has 1 aliphatic rings. The number of ether oxygens (including phenoxy) is 3. The van der Waals surface area contributed by atoms with Crippen LogP contribution in [0.4, 0.5) is 5.69 Å². The molecule has 0 atom stereocenters. The number of methoxy groups -OCH3 is 2. The van der Waals surface area contributed by atoms with Crippen molar-refractivity contribution in [3.8, 4) is 11.5 Å². The van der Waals surface area contributed by atoms with Gasteiger partial charge in [-0.25, -0.2) is 9.79 Å². The van der Waals surface area contributed by atoms with E-state index in [2.05, 4.69) is 4.99 Å². The molecule has 2 aromatic rings. The number of amides is 1. The molecule has 0 aromatic heterocycles. The number of hydrogen-bond acceptors (Lipinski definition) is 7. The zero-order valence-electron chi connectivity index (χ0n) is 18.7. The Kier molecular flexibility index (Phi) is 7.58.